The van der Waals surface area contributed by atoms with Crippen molar-refractivity contribution in [3.05, 3.63) is 47.9 Å². The molecule has 0 radical (unpaired) electrons. The van der Waals surface area contributed by atoms with E-state index in [2.05, 4.69) is 4.98 Å². The number of benzene rings is 1. The van der Waals surface area contributed by atoms with Crippen LogP contribution in [0.4, 0.5) is 14.9 Å². The van der Waals surface area contributed by atoms with E-state index in [9.17, 15) is 14.0 Å². The number of hydrogen-bond donors (Lipinski definition) is 3. The van der Waals surface area contributed by atoms with E-state index in [1.807, 2.05) is 0 Å². The van der Waals surface area contributed by atoms with E-state index in [4.69, 9.17) is 21.3 Å². The maximum atomic E-state index is 14.8. The Morgan fingerprint density at radius 1 is 1.32 bits per heavy atom. The first kappa shape index (κ1) is 22.1. The van der Waals surface area contributed by atoms with Gasteiger partial charge in [-0.2, -0.15) is 0 Å². The number of carbonyl (C=O) groups excluding carboxylic acids is 2. The van der Waals surface area contributed by atoms with Crippen molar-refractivity contribution in [2.45, 2.75) is 38.7 Å². The zero-order chi connectivity index (χ0) is 22.5. The summed E-state index contributed by atoms with van der Waals surface area (Å²) < 4.78 is 20.1. The van der Waals surface area contributed by atoms with Gasteiger partial charge in [0, 0.05) is 36.7 Å². The number of ketones is 1. The Morgan fingerprint density at radius 2 is 2.10 bits per heavy atom. The van der Waals surface area contributed by atoms with Crippen LogP contribution < -0.4 is 10.6 Å². The summed E-state index contributed by atoms with van der Waals surface area (Å²) in [6.45, 7) is 1.75. The molecule has 162 valence electrons. The average molecular weight is 425 g/mol. The number of ether oxygens (including phenoxy) is 1. The lowest BCUT2D eigenvalue weighted by Gasteiger charge is -2.14. The number of Topliss-reactive ketones (excluding diaryl/α,β-unsaturated/α-hetero) is 1. The van der Waals surface area contributed by atoms with Gasteiger partial charge in [-0.25, -0.2) is 9.18 Å². The van der Waals surface area contributed by atoms with E-state index in [-0.39, 0.29) is 30.1 Å². The molecular weight excluding hydrogens is 401 g/mol. The predicted molar refractivity (Wildman–Crippen MR) is 115 cm³/mol. The molecule has 9 heteroatoms. The van der Waals surface area contributed by atoms with E-state index < -0.39 is 18.0 Å². The molecule has 1 saturated heterocycles. The molecule has 1 aliphatic heterocycles. The number of nitrogens with zero attached hydrogens (tertiary/aromatic N) is 2. The molecule has 1 amide bonds. The lowest BCUT2D eigenvalue weighted by atomic mass is 10.1. The fraction of sp³-hybridized carbons (Fsp3) is 0.318. The van der Waals surface area contributed by atoms with Gasteiger partial charge in [-0.3, -0.25) is 15.3 Å². The molecule has 2 heterocycles. The summed E-state index contributed by atoms with van der Waals surface area (Å²) >= 11 is 0. The van der Waals surface area contributed by atoms with Crippen LogP contribution in [0, 0.1) is 16.6 Å². The minimum absolute atomic E-state index is 0.0270. The SMILES string of the molecule is CC(=O)CC[C@H]1CN(c2ccc(-c3ccc(CC(=N)CC(=N)N)cn3)c(F)c2)C(=O)O1. The van der Waals surface area contributed by atoms with Gasteiger partial charge >= 0.3 is 6.09 Å². The minimum Gasteiger partial charge on any atom is -0.444 e. The zero-order valence-electron chi connectivity index (χ0n) is 17.2. The van der Waals surface area contributed by atoms with Crippen LogP contribution in [0.3, 0.4) is 0 Å². The van der Waals surface area contributed by atoms with Crippen LogP contribution >= 0.6 is 0 Å². The van der Waals surface area contributed by atoms with Gasteiger partial charge in [0.15, 0.2) is 0 Å². The van der Waals surface area contributed by atoms with Crippen molar-refractivity contribution in [1.29, 1.82) is 10.8 Å². The highest BCUT2D eigenvalue weighted by Gasteiger charge is 2.32. The number of pyridine rings is 1. The molecule has 0 unspecified atom stereocenters. The van der Waals surface area contributed by atoms with Gasteiger partial charge in [0.2, 0.25) is 0 Å². The van der Waals surface area contributed by atoms with Gasteiger partial charge < -0.3 is 20.7 Å². The van der Waals surface area contributed by atoms with Gasteiger partial charge in [0.05, 0.1) is 23.8 Å². The number of anilines is 1. The standard InChI is InChI=1S/C22H24FN5O3/c1-13(29)2-5-17-12-28(22(30)31-17)16-4-6-18(19(23)10-16)20-7-3-14(11-27-20)8-15(24)9-21(25)26/h3-4,6-7,10-11,17,24H,2,5,8-9,12H2,1H3,(H3,25,26)/t17-/m0/s1. The predicted octanol–water partition coefficient (Wildman–Crippen LogP) is 3.47. The Labute approximate surface area is 179 Å². The fourth-order valence-electron chi connectivity index (χ4n) is 3.35. The number of aromatic nitrogens is 1. The van der Waals surface area contributed by atoms with E-state index >= 15 is 0 Å². The van der Waals surface area contributed by atoms with Crippen LogP contribution in [0.5, 0.6) is 0 Å². The number of hydrogen-bond acceptors (Lipinski definition) is 6. The van der Waals surface area contributed by atoms with Crippen molar-refractivity contribution in [2.75, 3.05) is 11.4 Å². The summed E-state index contributed by atoms with van der Waals surface area (Å²) in [6.07, 6.45) is 1.80. The molecule has 1 aromatic carbocycles. The molecule has 0 aliphatic carbocycles. The van der Waals surface area contributed by atoms with Gasteiger partial charge in [-0.1, -0.05) is 6.07 Å². The molecule has 8 nitrogen and oxygen atoms in total. The number of amidine groups is 1. The summed E-state index contributed by atoms with van der Waals surface area (Å²) in [5.74, 6) is -0.565. The number of rotatable bonds is 9. The fourth-order valence-corrected chi connectivity index (χ4v) is 3.35. The van der Waals surface area contributed by atoms with Crippen molar-refractivity contribution < 1.29 is 18.7 Å². The molecule has 1 atom stereocenters. The number of halogens is 1. The normalized spacial score (nSPS) is 15.6. The topological polar surface area (TPSA) is 133 Å². The van der Waals surface area contributed by atoms with E-state index in [0.29, 0.717) is 36.4 Å². The first-order valence-electron chi connectivity index (χ1n) is 9.84. The Kier molecular flexibility index (Phi) is 6.74. The Hall–Kier alpha value is -3.62. The van der Waals surface area contributed by atoms with Crippen molar-refractivity contribution in [2.24, 2.45) is 5.73 Å². The summed E-state index contributed by atoms with van der Waals surface area (Å²) in [5, 5.41) is 15.1. The maximum absolute atomic E-state index is 14.8. The zero-order valence-corrected chi connectivity index (χ0v) is 17.2. The summed E-state index contributed by atoms with van der Waals surface area (Å²) in [4.78, 5) is 28.9. The third-order valence-corrected chi connectivity index (χ3v) is 4.88. The average Bonchev–Trinajstić information content (AvgIpc) is 3.07. The summed E-state index contributed by atoms with van der Waals surface area (Å²) in [7, 11) is 0. The van der Waals surface area contributed by atoms with Gasteiger partial charge in [-0.05, 0) is 43.2 Å². The second-order valence-corrected chi connectivity index (χ2v) is 7.56. The van der Waals surface area contributed by atoms with Crippen LogP contribution in [0.1, 0.15) is 31.7 Å². The number of nitrogens with one attached hydrogen (secondary N) is 2. The third-order valence-electron chi connectivity index (χ3n) is 4.88. The Morgan fingerprint density at radius 3 is 2.71 bits per heavy atom. The van der Waals surface area contributed by atoms with E-state index in [1.165, 1.54) is 17.9 Å². The molecule has 0 spiro atoms. The largest absolute Gasteiger partial charge is 0.444 e. The van der Waals surface area contributed by atoms with Crippen molar-refractivity contribution >= 4 is 29.1 Å². The Balaban J connectivity index is 1.69. The number of cyclic esters (lactones) is 1. The Bertz CT molecular complexity index is 1020. The van der Waals surface area contributed by atoms with Crippen molar-refractivity contribution in [1.82, 2.24) is 4.98 Å². The summed E-state index contributed by atoms with van der Waals surface area (Å²) in [5.41, 5.74) is 7.47. The van der Waals surface area contributed by atoms with Crippen LogP contribution in [0.2, 0.25) is 0 Å². The van der Waals surface area contributed by atoms with Gasteiger partial charge in [0.25, 0.3) is 0 Å². The molecular formula is C22H24FN5O3. The maximum Gasteiger partial charge on any atom is 0.414 e. The van der Waals surface area contributed by atoms with Crippen LogP contribution in [0.15, 0.2) is 36.5 Å². The molecule has 1 fully saturated rings. The van der Waals surface area contributed by atoms with Crippen molar-refractivity contribution in [3.8, 4) is 11.3 Å². The van der Waals surface area contributed by atoms with Crippen LogP contribution in [-0.4, -0.2) is 41.1 Å². The number of nitrogens with two attached hydrogens (primary N) is 1. The molecule has 2 aromatic rings. The molecule has 0 saturated carbocycles. The smallest absolute Gasteiger partial charge is 0.414 e. The van der Waals surface area contributed by atoms with E-state index in [1.54, 1.807) is 30.5 Å². The van der Waals surface area contributed by atoms with Gasteiger partial charge in [0.1, 0.15) is 17.7 Å². The number of carbonyl (C=O) groups is 2. The molecule has 1 aliphatic rings. The highest BCUT2D eigenvalue weighted by Crippen LogP contribution is 2.29. The first-order chi connectivity index (χ1) is 14.7. The monoisotopic (exact) mass is 425 g/mol. The lowest BCUT2D eigenvalue weighted by molar-refractivity contribution is -0.117. The number of amides is 1. The molecule has 31 heavy (non-hydrogen) atoms. The molecule has 4 N–H and O–H groups in total. The molecule has 3 rings (SSSR count). The van der Waals surface area contributed by atoms with Gasteiger partial charge in [-0.15, -0.1) is 0 Å². The second-order valence-electron chi connectivity index (χ2n) is 7.56. The lowest BCUT2D eigenvalue weighted by Crippen LogP contribution is -2.24. The molecule has 0 bridgehead atoms. The third kappa shape index (κ3) is 5.71. The first-order valence-corrected chi connectivity index (χ1v) is 9.84. The molecule has 1 aromatic heterocycles. The van der Waals surface area contributed by atoms with Crippen LogP contribution in [0.25, 0.3) is 11.3 Å². The van der Waals surface area contributed by atoms with Crippen LogP contribution in [-0.2, 0) is 16.0 Å². The minimum atomic E-state index is -0.559. The highest BCUT2D eigenvalue weighted by atomic mass is 19.1. The quantitative estimate of drug-likeness (QED) is 0.418. The summed E-state index contributed by atoms with van der Waals surface area (Å²) in [6, 6.07) is 7.87. The second kappa shape index (κ2) is 9.46. The highest BCUT2D eigenvalue weighted by molar-refractivity contribution is 6.00. The van der Waals surface area contributed by atoms with Crippen molar-refractivity contribution in [3.63, 3.8) is 0 Å². The van der Waals surface area contributed by atoms with E-state index in [0.717, 1.165) is 5.56 Å².